The molecule has 4 aliphatic rings. The molecule has 96 valence electrons. The SMILES string of the molecule is CC1(C)[C@@H]2CCC13CS(=O)(=O)N1OC13C2(Cl)Cl. The summed E-state index contributed by atoms with van der Waals surface area (Å²) in [7, 11) is -3.36. The van der Waals surface area contributed by atoms with Crippen molar-refractivity contribution in [3.05, 3.63) is 0 Å². The van der Waals surface area contributed by atoms with Gasteiger partial charge in [0.2, 0.25) is 15.7 Å². The molecule has 3 unspecified atom stereocenters. The lowest BCUT2D eigenvalue weighted by Crippen LogP contribution is -2.48. The van der Waals surface area contributed by atoms with Gasteiger partial charge in [0.1, 0.15) is 0 Å². The highest BCUT2D eigenvalue weighted by atomic mass is 35.5. The molecule has 0 N–H and O–H groups in total. The number of hydroxylamine groups is 1. The van der Waals surface area contributed by atoms with Crippen LogP contribution >= 0.6 is 23.2 Å². The van der Waals surface area contributed by atoms with Gasteiger partial charge in [-0.3, -0.25) is 4.84 Å². The molecular weight excluding hydrogens is 285 g/mol. The standard InChI is InChI=1S/C10H13Cl2NO3S/c1-7(2)6-3-4-8(7)5-17(14,15)13-10(8,16-13)9(6,11)12/h6H,3-5H2,1-2H3/t6-,8?,10?,13?/m0/s1. The Kier molecular flexibility index (Phi) is 1.59. The van der Waals surface area contributed by atoms with Crippen LogP contribution in [-0.4, -0.2) is 28.7 Å². The van der Waals surface area contributed by atoms with Gasteiger partial charge in [0, 0.05) is 11.3 Å². The van der Waals surface area contributed by atoms with Gasteiger partial charge in [0.25, 0.3) is 0 Å². The number of rotatable bonds is 0. The van der Waals surface area contributed by atoms with Crippen LogP contribution in [0.2, 0.25) is 0 Å². The summed E-state index contributed by atoms with van der Waals surface area (Å²) in [5, 5.41) is 0. The molecule has 4 nitrogen and oxygen atoms in total. The van der Waals surface area contributed by atoms with Crippen molar-refractivity contribution in [1.82, 2.24) is 4.47 Å². The fraction of sp³-hybridized carbons (Fsp3) is 1.00. The Morgan fingerprint density at radius 2 is 2.00 bits per heavy atom. The minimum absolute atomic E-state index is 0.0823. The molecule has 7 heteroatoms. The molecule has 2 spiro atoms. The second kappa shape index (κ2) is 2.40. The lowest BCUT2D eigenvalue weighted by Gasteiger charge is -2.36. The van der Waals surface area contributed by atoms with E-state index in [1.165, 1.54) is 0 Å². The van der Waals surface area contributed by atoms with Gasteiger partial charge in [-0.2, -0.15) is 0 Å². The largest absolute Gasteiger partial charge is 0.251 e. The molecule has 0 radical (unpaired) electrons. The van der Waals surface area contributed by atoms with Crippen LogP contribution in [0.15, 0.2) is 0 Å². The summed E-state index contributed by atoms with van der Waals surface area (Å²) in [6, 6.07) is 0. The van der Waals surface area contributed by atoms with E-state index < -0.39 is 25.5 Å². The van der Waals surface area contributed by atoms with Crippen molar-refractivity contribution >= 4 is 33.2 Å². The molecule has 0 amide bonds. The number of fused-ring (bicyclic) bond motifs is 1. The van der Waals surface area contributed by atoms with Gasteiger partial charge in [-0.1, -0.05) is 37.0 Å². The minimum atomic E-state index is -3.36. The topological polar surface area (TPSA) is 49.7 Å². The van der Waals surface area contributed by atoms with E-state index in [1.807, 2.05) is 0 Å². The molecule has 2 aliphatic carbocycles. The van der Waals surface area contributed by atoms with Crippen LogP contribution < -0.4 is 0 Å². The Balaban J connectivity index is 2.05. The third-order valence-electron chi connectivity index (χ3n) is 5.62. The maximum absolute atomic E-state index is 12.1. The van der Waals surface area contributed by atoms with Crippen molar-refractivity contribution in [3.8, 4) is 0 Å². The van der Waals surface area contributed by atoms with Crippen molar-refractivity contribution in [2.45, 2.75) is 36.7 Å². The predicted octanol–water partition coefficient (Wildman–Crippen LogP) is 1.88. The van der Waals surface area contributed by atoms with E-state index in [1.54, 1.807) is 0 Å². The minimum Gasteiger partial charge on any atom is -0.251 e. The molecule has 0 aromatic rings. The highest BCUT2D eigenvalue weighted by molar-refractivity contribution is 7.89. The van der Waals surface area contributed by atoms with Gasteiger partial charge >= 0.3 is 0 Å². The molecule has 0 aromatic carbocycles. The molecule has 2 saturated heterocycles. The summed E-state index contributed by atoms with van der Waals surface area (Å²) in [6.45, 7) is 4.14. The summed E-state index contributed by atoms with van der Waals surface area (Å²) in [6.07, 6.45) is 1.69. The first-order valence-corrected chi connectivity index (χ1v) is 8.10. The Bertz CT molecular complexity index is 538. The number of alkyl halides is 2. The van der Waals surface area contributed by atoms with Crippen molar-refractivity contribution in [1.29, 1.82) is 0 Å². The van der Waals surface area contributed by atoms with Crippen LogP contribution in [0.5, 0.6) is 0 Å². The van der Waals surface area contributed by atoms with Gasteiger partial charge < -0.3 is 0 Å². The second-order valence-electron chi connectivity index (χ2n) is 6.24. The molecule has 2 aliphatic heterocycles. The van der Waals surface area contributed by atoms with Crippen molar-refractivity contribution < 1.29 is 13.3 Å². The van der Waals surface area contributed by atoms with Crippen LogP contribution in [0.1, 0.15) is 26.7 Å². The third-order valence-corrected chi connectivity index (χ3v) is 8.36. The fourth-order valence-corrected chi connectivity index (χ4v) is 8.56. The van der Waals surface area contributed by atoms with E-state index in [0.29, 0.717) is 0 Å². The first-order valence-electron chi connectivity index (χ1n) is 5.74. The van der Waals surface area contributed by atoms with Crippen molar-refractivity contribution in [2.24, 2.45) is 16.7 Å². The van der Waals surface area contributed by atoms with E-state index in [9.17, 15) is 8.42 Å². The van der Waals surface area contributed by atoms with E-state index in [0.717, 1.165) is 17.3 Å². The van der Waals surface area contributed by atoms with Crippen LogP contribution in [-0.2, 0) is 14.9 Å². The van der Waals surface area contributed by atoms with Crippen molar-refractivity contribution in [2.75, 3.05) is 5.75 Å². The molecule has 2 saturated carbocycles. The van der Waals surface area contributed by atoms with E-state index in [-0.39, 0.29) is 17.1 Å². The Labute approximate surface area is 110 Å². The Hall–Kier alpha value is 0.450. The molecule has 17 heavy (non-hydrogen) atoms. The Morgan fingerprint density at radius 3 is 2.53 bits per heavy atom. The number of halogens is 2. The van der Waals surface area contributed by atoms with Crippen LogP contribution in [0, 0.1) is 16.7 Å². The van der Waals surface area contributed by atoms with Crippen molar-refractivity contribution in [3.63, 3.8) is 0 Å². The summed E-state index contributed by atoms with van der Waals surface area (Å²) in [5.41, 5.74) is -1.66. The monoisotopic (exact) mass is 297 g/mol. The lowest BCUT2D eigenvalue weighted by molar-refractivity contribution is 0.0704. The average molecular weight is 298 g/mol. The predicted molar refractivity (Wildman–Crippen MR) is 62.8 cm³/mol. The van der Waals surface area contributed by atoms with Crippen LogP contribution in [0.4, 0.5) is 0 Å². The summed E-state index contributed by atoms with van der Waals surface area (Å²) >= 11 is 13.0. The van der Waals surface area contributed by atoms with Gasteiger partial charge in [-0.15, -0.1) is 0 Å². The summed E-state index contributed by atoms with van der Waals surface area (Å²) < 4.78 is 24.1. The molecular formula is C10H13Cl2NO3S. The number of hydrogen-bond donors (Lipinski definition) is 0. The maximum Gasteiger partial charge on any atom is 0.239 e. The number of hydrogen-bond acceptors (Lipinski definition) is 3. The van der Waals surface area contributed by atoms with E-state index in [2.05, 4.69) is 13.8 Å². The van der Waals surface area contributed by atoms with Gasteiger partial charge in [0.15, 0.2) is 4.33 Å². The highest BCUT2D eigenvalue weighted by Crippen LogP contribution is 2.85. The van der Waals surface area contributed by atoms with E-state index >= 15 is 0 Å². The smallest absolute Gasteiger partial charge is 0.239 e. The van der Waals surface area contributed by atoms with Crippen LogP contribution in [0.25, 0.3) is 0 Å². The molecule has 4 atom stereocenters. The zero-order valence-corrected chi connectivity index (χ0v) is 11.9. The third kappa shape index (κ3) is 0.778. The van der Waals surface area contributed by atoms with E-state index in [4.69, 9.17) is 28.0 Å². The molecule has 0 aromatic heterocycles. The molecule has 2 bridgehead atoms. The lowest BCUT2D eigenvalue weighted by atomic mass is 9.68. The number of sulfonamides is 1. The average Bonchev–Trinajstić information content (AvgIpc) is 2.78. The first-order chi connectivity index (χ1) is 7.64. The second-order valence-corrected chi connectivity index (χ2v) is 9.41. The summed E-state index contributed by atoms with van der Waals surface area (Å²) in [5.74, 6) is 0.198. The molecule has 4 fully saturated rings. The summed E-state index contributed by atoms with van der Waals surface area (Å²) in [4.78, 5) is 5.44. The van der Waals surface area contributed by atoms with Gasteiger partial charge in [-0.25, -0.2) is 8.42 Å². The highest BCUT2D eigenvalue weighted by Gasteiger charge is 2.97. The fourth-order valence-electron chi connectivity index (χ4n) is 4.73. The van der Waals surface area contributed by atoms with Crippen LogP contribution in [0.3, 0.4) is 0 Å². The Morgan fingerprint density at radius 1 is 1.35 bits per heavy atom. The maximum atomic E-state index is 12.1. The zero-order valence-electron chi connectivity index (χ0n) is 9.53. The molecule has 2 heterocycles. The van der Waals surface area contributed by atoms with Gasteiger partial charge in [-0.05, 0) is 22.7 Å². The van der Waals surface area contributed by atoms with Gasteiger partial charge in [0.05, 0.1) is 5.75 Å². The molecule has 4 rings (SSSR count). The first kappa shape index (κ1) is 11.3. The number of nitrogens with zero attached hydrogens (tertiary/aromatic N) is 1. The normalized spacial score (nSPS) is 58.8. The zero-order chi connectivity index (χ0) is 12.5. The quantitative estimate of drug-likeness (QED) is 0.507.